The summed E-state index contributed by atoms with van der Waals surface area (Å²) in [6.45, 7) is 9.11. The Morgan fingerprint density at radius 3 is 0.926 bits per heavy atom. The van der Waals surface area contributed by atoms with Gasteiger partial charge in [0.2, 0.25) is 0 Å². The van der Waals surface area contributed by atoms with Gasteiger partial charge in [-0.1, -0.05) is 0 Å². The molecule has 68 heavy (non-hydrogen) atoms. The summed E-state index contributed by atoms with van der Waals surface area (Å²) in [5, 5.41) is 0. The van der Waals surface area contributed by atoms with Crippen LogP contribution in [-0.4, -0.2) is 54.2 Å². The van der Waals surface area contributed by atoms with E-state index in [2.05, 4.69) is 69.5 Å². The van der Waals surface area contributed by atoms with Gasteiger partial charge < -0.3 is 0 Å². The van der Waals surface area contributed by atoms with Gasteiger partial charge in [0.05, 0.1) is 0 Å². The molecule has 0 radical (unpaired) electrons. The molecule has 0 bridgehead atoms. The molecular weight excluding hydrogens is 1090 g/mol. The number of halogens is 2. The standard InChI is InChI=1S/C52H70F2N4S2.6CH3.2Sn/c1-5-9-13-17-21-25-33-51(34-26-22-18-14-10-6-2)37-29-31-39-49(57-59-55-39)41(37)43-45(51)47(53)44-42-38(30-32-40-50(42)58-60-56-40)52(46(44)48(43)54,35-27-23-19-15-11-7-3)36-28-24-20-16-12-8-4;;;;;;;;/h29-30H,5-28,33-36H2,1-4H3;6*1H3;;. The molecule has 2 heterocycles. The molecule has 10 heteroatoms. The summed E-state index contributed by atoms with van der Waals surface area (Å²) in [7, 11) is 0. The number of aromatic nitrogens is 4. The van der Waals surface area contributed by atoms with E-state index in [-0.39, 0.29) is 11.6 Å². The third-order valence-corrected chi connectivity index (χ3v) is 28.8. The summed E-state index contributed by atoms with van der Waals surface area (Å²) in [4.78, 5) is 14.8. The number of rotatable bonds is 30. The van der Waals surface area contributed by atoms with Gasteiger partial charge in [0, 0.05) is 0 Å². The minimum absolute atomic E-state index is 0.169. The zero-order valence-electron chi connectivity index (χ0n) is 44.3. The fourth-order valence-electron chi connectivity index (χ4n) is 12.7. The van der Waals surface area contributed by atoms with E-state index in [1.807, 2.05) is 0 Å². The van der Waals surface area contributed by atoms with Crippen molar-refractivity contribution in [2.24, 2.45) is 0 Å². The molecule has 0 amide bonds. The van der Waals surface area contributed by atoms with Gasteiger partial charge in [-0.25, -0.2) is 0 Å². The fourth-order valence-corrected chi connectivity index (χ4v) is 22.7. The predicted octanol–water partition coefficient (Wildman–Crippen LogP) is 18.6. The SMILES string of the molecule is CCCCCCCCC1(CCCCCCCC)c2c[c]([Sn]([CH3])([CH3])[CH3])c3nsnc3c2-c2c(F)c3c(c(F)c21)-c1c(c[c]([Sn]([CH3])([CH3])[CH3])c2nsnc12)C3(CCCCCCCC)CCCCCCCC. The van der Waals surface area contributed by atoms with Crippen LogP contribution in [0, 0.1) is 11.6 Å². The number of unbranched alkanes of at least 4 members (excludes halogenated alkanes) is 20. The van der Waals surface area contributed by atoms with Gasteiger partial charge in [0.15, 0.2) is 0 Å². The van der Waals surface area contributed by atoms with Gasteiger partial charge in [0.1, 0.15) is 0 Å². The molecule has 4 nitrogen and oxygen atoms in total. The normalized spacial score (nSPS) is 14.9. The molecule has 3 aromatic carbocycles. The van der Waals surface area contributed by atoms with Crippen molar-refractivity contribution in [2.75, 3.05) is 0 Å². The number of nitrogens with zero attached hydrogens (tertiary/aromatic N) is 4. The van der Waals surface area contributed by atoms with Crippen LogP contribution < -0.4 is 7.16 Å². The first kappa shape index (κ1) is 54.5. The van der Waals surface area contributed by atoms with Crippen molar-refractivity contribution in [2.45, 2.75) is 248 Å². The van der Waals surface area contributed by atoms with Crippen LogP contribution in [0.15, 0.2) is 12.1 Å². The molecule has 0 spiro atoms. The van der Waals surface area contributed by atoms with Gasteiger partial charge in [-0.05, 0) is 0 Å². The van der Waals surface area contributed by atoms with E-state index in [0.717, 1.165) is 121 Å². The van der Waals surface area contributed by atoms with E-state index in [1.54, 1.807) is 0 Å². The van der Waals surface area contributed by atoms with Crippen molar-refractivity contribution in [1.29, 1.82) is 0 Å². The first-order chi connectivity index (χ1) is 32.7. The molecule has 374 valence electrons. The summed E-state index contributed by atoms with van der Waals surface area (Å²) >= 11 is -3.24. The molecule has 2 aromatic heterocycles. The number of hydrogen-bond acceptors (Lipinski definition) is 6. The van der Waals surface area contributed by atoms with Crippen LogP contribution in [0.5, 0.6) is 0 Å². The van der Waals surface area contributed by atoms with Gasteiger partial charge in [0.25, 0.3) is 0 Å². The third-order valence-electron chi connectivity index (χ3n) is 16.4. The van der Waals surface area contributed by atoms with Crippen molar-refractivity contribution < 1.29 is 8.78 Å². The van der Waals surface area contributed by atoms with Crippen LogP contribution in [0.3, 0.4) is 0 Å². The van der Waals surface area contributed by atoms with Gasteiger partial charge >= 0.3 is 432 Å². The maximum atomic E-state index is 19.8. The van der Waals surface area contributed by atoms with Crippen LogP contribution in [0.2, 0.25) is 29.6 Å². The van der Waals surface area contributed by atoms with Crippen LogP contribution >= 0.6 is 23.5 Å². The molecular formula is C58H88F2N4S2Sn2. The Balaban J connectivity index is 1.55. The zero-order chi connectivity index (χ0) is 48.7. The Bertz CT molecular complexity index is 2260. The van der Waals surface area contributed by atoms with E-state index in [1.165, 1.54) is 133 Å². The first-order valence-electron chi connectivity index (χ1n) is 27.9. The second-order valence-electron chi connectivity index (χ2n) is 23.5. The Morgan fingerprint density at radius 2 is 0.647 bits per heavy atom. The molecule has 2 aliphatic rings. The van der Waals surface area contributed by atoms with E-state index < -0.39 is 47.6 Å². The predicted molar refractivity (Wildman–Crippen MR) is 299 cm³/mol. The summed E-state index contributed by atoms with van der Waals surface area (Å²) in [6.07, 6.45) is 31.2. The molecule has 7 rings (SSSR count). The van der Waals surface area contributed by atoms with E-state index in [9.17, 15) is 0 Å². The maximum absolute atomic E-state index is 19.8. The number of hydrogen-bond donors (Lipinski definition) is 0. The molecule has 0 atom stereocenters. The van der Waals surface area contributed by atoms with Crippen molar-refractivity contribution in [1.82, 2.24) is 17.5 Å². The fraction of sp³-hybridized carbons (Fsp3) is 0.690. The van der Waals surface area contributed by atoms with Crippen molar-refractivity contribution in [3.63, 3.8) is 0 Å². The molecule has 0 aliphatic heterocycles. The molecule has 0 saturated carbocycles. The van der Waals surface area contributed by atoms with Crippen LogP contribution in [-0.2, 0) is 10.8 Å². The number of fused-ring (bicyclic) bond motifs is 10. The second-order valence-corrected chi connectivity index (χ2v) is 53.3. The van der Waals surface area contributed by atoms with E-state index in [4.69, 9.17) is 17.5 Å². The second kappa shape index (κ2) is 24.2. The van der Waals surface area contributed by atoms with Crippen molar-refractivity contribution >= 4 is 89.4 Å². The van der Waals surface area contributed by atoms with Crippen molar-refractivity contribution in [3.8, 4) is 22.3 Å². The average molecular weight is 1180 g/mol. The monoisotopic (exact) mass is 1180 g/mol. The zero-order valence-corrected chi connectivity index (χ0v) is 51.7. The average Bonchev–Trinajstić information content (AvgIpc) is 4.10. The topological polar surface area (TPSA) is 51.6 Å². The summed E-state index contributed by atoms with van der Waals surface area (Å²) in [5.41, 5.74) is 8.63. The molecule has 2 aliphatic carbocycles. The van der Waals surface area contributed by atoms with Gasteiger partial charge in [-0.2, -0.15) is 0 Å². The number of benzene rings is 3. The van der Waals surface area contributed by atoms with E-state index in [0.29, 0.717) is 22.3 Å². The molecule has 0 N–H and O–H groups in total. The summed E-state index contributed by atoms with van der Waals surface area (Å²) in [6, 6.07) is 4.93. The Hall–Kier alpha value is -1.24. The Labute approximate surface area is 428 Å². The molecule has 0 fully saturated rings. The molecule has 0 unspecified atom stereocenters. The third kappa shape index (κ3) is 11.0. The minimum atomic E-state index is -2.88. The summed E-state index contributed by atoms with van der Waals surface area (Å²) < 4.78 is 62.6. The molecule has 5 aromatic rings. The summed E-state index contributed by atoms with van der Waals surface area (Å²) in [5.74, 6) is -0.339. The Morgan fingerprint density at radius 1 is 0.382 bits per heavy atom. The molecule has 0 saturated heterocycles. The first-order valence-corrected chi connectivity index (χ1v) is 49.3. The Kier molecular flexibility index (Phi) is 19.4. The van der Waals surface area contributed by atoms with Crippen molar-refractivity contribution in [3.05, 3.63) is 46.0 Å². The van der Waals surface area contributed by atoms with Gasteiger partial charge in [-0.15, -0.1) is 0 Å². The van der Waals surface area contributed by atoms with Crippen LogP contribution in [0.1, 0.15) is 230 Å². The van der Waals surface area contributed by atoms with Crippen LogP contribution in [0.25, 0.3) is 44.3 Å². The van der Waals surface area contributed by atoms with Gasteiger partial charge in [-0.3, -0.25) is 0 Å². The quantitative estimate of drug-likeness (QED) is 0.0340. The van der Waals surface area contributed by atoms with Crippen LogP contribution in [0.4, 0.5) is 8.78 Å². The van der Waals surface area contributed by atoms with E-state index >= 15 is 8.78 Å².